The van der Waals surface area contributed by atoms with Crippen LogP contribution in [0.2, 0.25) is 0 Å². The second-order valence-electron chi connectivity index (χ2n) is 9.28. The summed E-state index contributed by atoms with van der Waals surface area (Å²) < 4.78 is 36.6. The highest BCUT2D eigenvalue weighted by atomic mass is 31.2. The average Bonchev–Trinajstić information content (AvgIpc) is 3.29. The van der Waals surface area contributed by atoms with Gasteiger partial charge < -0.3 is 28.7 Å². The normalized spacial score (nSPS) is 13.2. The predicted octanol–water partition coefficient (Wildman–Crippen LogP) is 5.18. The van der Waals surface area contributed by atoms with E-state index in [4.69, 9.17) is 18.5 Å². The number of likely N-dealkylation sites (tertiary alicyclic amines) is 1. The Kier molecular flexibility index (Phi) is 9.57. The van der Waals surface area contributed by atoms with Gasteiger partial charge >= 0.3 is 7.60 Å². The van der Waals surface area contributed by atoms with E-state index >= 15 is 0 Å². The summed E-state index contributed by atoms with van der Waals surface area (Å²) in [7, 11) is -3.37. The van der Waals surface area contributed by atoms with Gasteiger partial charge in [0, 0.05) is 49.2 Å². The largest absolute Gasteiger partial charge is 0.491 e. The van der Waals surface area contributed by atoms with Crippen LogP contribution in [-0.4, -0.2) is 63.9 Å². The molecule has 13 heteroatoms. The van der Waals surface area contributed by atoms with Gasteiger partial charge in [0.2, 0.25) is 5.88 Å². The third kappa shape index (κ3) is 7.68. The number of hydrogen-bond acceptors (Lipinski definition) is 9. The molecule has 214 valence electrons. The maximum absolute atomic E-state index is 13.1. The van der Waals surface area contributed by atoms with Gasteiger partial charge in [-0.25, -0.2) is 4.98 Å². The van der Waals surface area contributed by atoms with Gasteiger partial charge in [-0.1, -0.05) is 0 Å². The molecule has 12 nitrogen and oxygen atoms in total. The summed E-state index contributed by atoms with van der Waals surface area (Å²) in [5.74, 6) is 0.772. The first-order valence-electron chi connectivity index (χ1n) is 13.2. The first kappa shape index (κ1) is 29.3. The molecule has 0 atom stereocenters. The van der Waals surface area contributed by atoms with Crippen molar-refractivity contribution in [2.24, 2.45) is 0 Å². The molecule has 1 N–H and O–H groups in total. The molecule has 4 rings (SSSR count). The van der Waals surface area contributed by atoms with Gasteiger partial charge in [-0.05, 0) is 52.3 Å². The van der Waals surface area contributed by atoms with Crippen LogP contribution in [0.25, 0.3) is 0 Å². The van der Waals surface area contributed by atoms with Crippen LogP contribution in [0, 0.1) is 0 Å². The third-order valence-electron chi connectivity index (χ3n) is 5.71. The standard InChI is InChI=1S/C27H34N5O7P/c1-5-36-40(35,37-6-2)18-32-13-10-24(30-32)29-26(33)21-14-22(38-19(3)4)16-23(15-21)39-25-9-8-20(17-28-25)27(34)31-11-7-12-31/h8-10,13-17,19H,5-7,11-12,18H2,1-4H3,(H,29,30,33). The van der Waals surface area contributed by atoms with E-state index < -0.39 is 13.5 Å². The highest BCUT2D eigenvalue weighted by Gasteiger charge is 2.25. The Morgan fingerprint density at radius 1 is 1.02 bits per heavy atom. The Morgan fingerprint density at radius 2 is 1.75 bits per heavy atom. The first-order valence-corrected chi connectivity index (χ1v) is 14.9. The molecule has 2 aromatic heterocycles. The summed E-state index contributed by atoms with van der Waals surface area (Å²) >= 11 is 0. The van der Waals surface area contributed by atoms with Crippen molar-refractivity contribution in [3.8, 4) is 17.4 Å². The minimum Gasteiger partial charge on any atom is -0.491 e. The Labute approximate surface area is 233 Å². The lowest BCUT2D eigenvalue weighted by Gasteiger charge is -2.30. The SMILES string of the molecule is CCOP(=O)(Cn1ccc(NC(=O)c2cc(Oc3ccc(C(=O)N4CCC4)cn3)cc(OC(C)C)c2)n1)OCC. The fourth-order valence-corrected chi connectivity index (χ4v) is 5.41. The molecule has 0 saturated carbocycles. The molecule has 0 bridgehead atoms. The second kappa shape index (κ2) is 13.1. The quantitative estimate of drug-likeness (QED) is 0.275. The van der Waals surface area contributed by atoms with Gasteiger partial charge in [-0.2, -0.15) is 5.10 Å². The van der Waals surface area contributed by atoms with E-state index in [1.165, 1.54) is 10.9 Å². The number of ether oxygens (including phenoxy) is 2. The number of pyridine rings is 1. The lowest BCUT2D eigenvalue weighted by molar-refractivity contribution is 0.0651. The van der Waals surface area contributed by atoms with Gasteiger partial charge in [0.25, 0.3) is 11.8 Å². The van der Waals surface area contributed by atoms with Crippen LogP contribution in [0.4, 0.5) is 5.82 Å². The van der Waals surface area contributed by atoms with Crippen molar-refractivity contribution in [3.05, 3.63) is 59.9 Å². The summed E-state index contributed by atoms with van der Waals surface area (Å²) in [4.78, 5) is 31.6. The number of carbonyl (C=O) groups excluding carboxylic acids is 2. The van der Waals surface area contributed by atoms with Crippen LogP contribution in [0.5, 0.6) is 17.4 Å². The van der Waals surface area contributed by atoms with Crippen molar-refractivity contribution in [3.63, 3.8) is 0 Å². The number of aromatic nitrogens is 3. The molecular formula is C27H34N5O7P. The molecule has 2 amide bonds. The Balaban J connectivity index is 1.48. The zero-order valence-electron chi connectivity index (χ0n) is 23.0. The van der Waals surface area contributed by atoms with Crippen LogP contribution in [0.15, 0.2) is 48.8 Å². The van der Waals surface area contributed by atoms with Crippen LogP contribution in [0.1, 0.15) is 54.8 Å². The Hall–Kier alpha value is -3.73. The van der Waals surface area contributed by atoms with Crippen LogP contribution < -0.4 is 14.8 Å². The summed E-state index contributed by atoms with van der Waals surface area (Å²) in [6.07, 6.45) is 3.84. The summed E-state index contributed by atoms with van der Waals surface area (Å²) in [5, 5.41) is 7.01. The van der Waals surface area contributed by atoms with E-state index in [2.05, 4.69) is 15.4 Å². The van der Waals surface area contributed by atoms with Gasteiger partial charge in [-0.3, -0.25) is 18.8 Å². The van der Waals surface area contributed by atoms with Crippen molar-refractivity contribution in [2.75, 3.05) is 31.6 Å². The van der Waals surface area contributed by atoms with E-state index in [0.717, 1.165) is 19.5 Å². The summed E-state index contributed by atoms with van der Waals surface area (Å²) in [6, 6.07) is 9.67. The number of benzene rings is 1. The molecule has 1 aliphatic heterocycles. The molecule has 1 aromatic carbocycles. The van der Waals surface area contributed by atoms with E-state index in [1.807, 2.05) is 13.8 Å². The van der Waals surface area contributed by atoms with Crippen LogP contribution in [0.3, 0.4) is 0 Å². The van der Waals surface area contributed by atoms with Gasteiger partial charge in [0.05, 0.1) is 24.9 Å². The molecule has 3 heterocycles. The fraction of sp³-hybridized carbons (Fsp3) is 0.407. The van der Waals surface area contributed by atoms with Gasteiger partial charge in [-0.15, -0.1) is 0 Å². The minimum atomic E-state index is -3.37. The molecule has 1 fully saturated rings. The van der Waals surface area contributed by atoms with Crippen molar-refractivity contribution in [2.45, 2.75) is 46.5 Å². The van der Waals surface area contributed by atoms with E-state index in [0.29, 0.717) is 17.1 Å². The summed E-state index contributed by atoms with van der Waals surface area (Å²) in [6.45, 7) is 9.19. The zero-order chi connectivity index (χ0) is 28.7. The lowest BCUT2D eigenvalue weighted by Crippen LogP contribution is -2.42. The van der Waals surface area contributed by atoms with Crippen LogP contribution in [-0.2, 0) is 19.9 Å². The van der Waals surface area contributed by atoms with Crippen molar-refractivity contribution >= 4 is 25.2 Å². The van der Waals surface area contributed by atoms with Gasteiger partial charge in [0.1, 0.15) is 17.8 Å². The van der Waals surface area contributed by atoms with Crippen molar-refractivity contribution in [1.29, 1.82) is 0 Å². The smallest absolute Gasteiger partial charge is 0.351 e. The number of amides is 2. The monoisotopic (exact) mass is 571 g/mol. The number of anilines is 1. The molecule has 40 heavy (non-hydrogen) atoms. The second-order valence-corrected chi connectivity index (χ2v) is 11.3. The topological polar surface area (TPSA) is 134 Å². The molecule has 0 aliphatic carbocycles. The number of rotatable bonds is 13. The molecular weight excluding hydrogens is 537 g/mol. The molecule has 0 unspecified atom stereocenters. The van der Waals surface area contributed by atoms with Gasteiger partial charge in [0.15, 0.2) is 5.82 Å². The number of carbonyl (C=O) groups is 2. The lowest BCUT2D eigenvalue weighted by atomic mass is 10.1. The highest BCUT2D eigenvalue weighted by molar-refractivity contribution is 7.52. The van der Waals surface area contributed by atoms with E-state index in [1.54, 1.807) is 61.3 Å². The van der Waals surface area contributed by atoms with Crippen molar-refractivity contribution < 1.29 is 32.7 Å². The summed E-state index contributed by atoms with van der Waals surface area (Å²) in [5.41, 5.74) is 0.754. The Bertz CT molecular complexity index is 1360. The van der Waals surface area contributed by atoms with E-state index in [9.17, 15) is 14.2 Å². The number of nitrogens with one attached hydrogen (secondary N) is 1. The molecule has 1 saturated heterocycles. The third-order valence-corrected chi connectivity index (χ3v) is 7.65. The predicted molar refractivity (Wildman–Crippen MR) is 148 cm³/mol. The first-order chi connectivity index (χ1) is 19.2. The Morgan fingerprint density at radius 3 is 2.35 bits per heavy atom. The number of nitrogens with zero attached hydrogens (tertiary/aromatic N) is 4. The van der Waals surface area contributed by atoms with E-state index in [-0.39, 0.29) is 48.8 Å². The maximum Gasteiger partial charge on any atom is 0.351 e. The van der Waals surface area contributed by atoms with Crippen molar-refractivity contribution in [1.82, 2.24) is 19.7 Å². The molecule has 0 spiro atoms. The van der Waals surface area contributed by atoms with Crippen LogP contribution >= 0.6 is 7.60 Å². The average molecular weight is 572 g/mol. The highest BCUT2D eigenvalue weighted by Crippen LogP contribution is 2.49. The molecule has 0 radical (unpaired) electrons. The minimum absolute atomic E-state index is 0.0578. The maximum atomic E-state index is 13.1. The molecule has 1 aliphatic rings. The molecule has 3 aromatic rings. The fourth-order valence-electron chi connectivity index (χ4n) is 3.88. The number of hydrogen-bond donors (Lipinski definition) is 1. The zero-order valence-corrected chi connectivity index (χ0v) is 23.9.